The molecule has 0 aliphatic heterocycles. The molecule has 0 saturated carbocycles. The van der Waals surface area contributed by atoms with Gasteiger partial charge in [-0.1, -0.05) is 11.6 Å². The minimum atomic E-state index is -0.670. The second-order valence-corrected chi connectivity index (χ2v) is 4.42. The molecular formula is C14H10ClFN2O3. The molecule has 5 nitrogen and oxygen atoms in total. The van der Waals surface area contributed by atoms with Gasteiger partial charge in [0.05, 0.1) is 11.3 Å². The fraction of sp³-hybridized carbons (Fsp3) is 0.0714. The Morgan fingerprint density at radius 2 is 1.95 bits per heavy atom. The number of aromatic nitrogens is 1. The number of rotatable bonds is 4. The maximum atomic E-state index is 13.5. The van der Waals surface area contributed by atoms with E-state index >= 15 is 0 Å². The first-order valence-corrected chi connectivity index (χ1v) is 6.26. The van der Waals surface area contributed by atoms with Crippen molar-refractivity contribution in [2.45, 2.75) is 0 Å². The molecule has 0 saturated heterocycles. The van der Waals surface area contributed by atoms with Crippen LogP contribution < -0.4 is 5.32 Å². The minimum Gasteiger partial charge on any atom is -0.452 e. The van der Waals surface area contributed by atoms with Crippen molar-refractivity contribution in [2.24, 2.45) is 0 Å². The van der Waals surface area contributed by atoms with E-state index in [0.717, 1.165) is 6.07 Å². The predicted octanol–water partition coefficient (Wildman–Crippen LogP) is 2.67. The van der Waals surface area contributed by atoms with Crippen LogP contribution in [-0.4, -0.2) is 23.5 Å². The molecule has 21 heavy (non-hydrogen) atoms. The summed E-state index contributed by atoms with van der Waals surface area (Å²) in [5.74, 6) is -1.99. The van der Waals surface area contributed by atoms with Gasteiger partial charge >= 0.3 is 5.97 Å². The Morgan fingerprint density at radius 3 is 2.62 bits per heavy atom. The summed E-state index contributed by atoms with van der Waals surface area (Å²) >= 11 is 5.60. The Bertz CT molecular complexity index is 665. The molecule has 7 heteroatoms. The SMILES string of the molecule is O=C(COC(=O)c1ccncc1)Nc1ccc(Cl)cc1F. The molecule has 1 aromatic carbocycles. The Labute approximate surface area is 124 Å². The van der Waals surface area contributed by atoms with Gasteiger partial charge in [0, 0.05) is 17.4 Å². The number of hydrogen-bond donors (Lipinski definition) is 1. The number of nitrogens with one attached hydrogen (secondary N) is 1. The quantitative estimate of drug-likeness (QED) is 0.882. The lowest BCUT2D eigenvalue weighted by molar-refractivity contribution is -0.119. The van der Waals surface area contributed by atoms with Crippen LogP contribution in [0.15, 0.2) is 42.7 Å². The molecule has 0 fully saturated rings. The van der Waals surface area contributed by atoms with E-state index in [1.165, 1.54) is 36.7 Å². The van der Waals surface area contributed by atoms with Crippen molar-refractivity contribution >= 4 is 29.2 Å². The van der Waals surface area contributed by atoms with Gasteiger partial charge in [0.2, 0.25) is 0 Å². The maximum Gasteiger partial charge on any atom is 0.338 e. The summed E-state index contributed by atoms with van der Waals surface area (Å²) in [4.78, 5) is 26.9. The number of hydrogen-bond acceptors (Lipinski definition) is 4. The molecule has 0 spiro atoms. The Balaban J connectivity index is 1.89. The van der Waals surface area contributed by atoms with E-state index in [-0.39, 0.29) is 16.3 Å². The van der Waals surface area contributed by atoms with Crippen LogP contribution in [0, 0.1) is 5.82 Å². The molecule has 1 aromatic heterocycles. The summed E-state index contributed by atoms with van der Waals surface area (Å²) < 4.78 is 18.3. The van der Waals surface area contributed by atoms with Gasteiger partial charge < -0.3 is 10.1 Å². The van der Waals surface area contributed by atoms with E-state index in [4.69, 9.17) is 16.3 Å². The van der Waals surface area contributed by atoms with E-state index in [9.17, 15) is 14.0 Å². The zero-order valence-electron chi connectivity index (χ0n) is 10.7. The molecule has 0 radical (unpaired) electrons. The second-order valence-electron chi connectivity index (χ2n) is 3.98. The van der Waals surface area contributed by atoms with E-state index < -0.39 is 24.3 Å². The number of nitrogens with zero attached hydrogens (tertiary/aromatic N) is 1. The van der Waals surface area contributed by atoms with Gasteiger partial charge in [-0.15, -0.1) is 0 Å². The van der Waals surface area contributed by atoms with Gasteiger partial charge in [0.1, 0.15) is 5.82 Å². The highest BCUT2D eigenvalue weighted by molar-refractivity contribution is 6.30. The molecule has 1 N–H and O–H groups in total. The normalized spacial score (nSPS) is 10.0. The molecule has 0 atom stereocenters. The van der Waals surface area contributed by atoms with Gasteiger partial charge in [0.15, 0.2) is 6.61 Å². The number of carbonyl (C=O) groups is 2. The number of carbonyl (C=O) groups excluding carboxylic acids is 2. The molecule has 0 unspecified atom stereocenters. The third kappa shape index (κ3) is 4.25. The number of ether oxygens (including phenoxy) is 1. The summed E-state index contributed by atoms with van der Waals surface area (Å²) in [6.07, 6.45) is 2.86. The lowest BCUT2D eigenvalue weighted by Gasteiger charge is -2.07. The Hall–Kier alpha value is -2.47. The standard InChI is InChI=1S/C14H10ClFN2O3/c15-10-1-2-12(11(16)7-10)18-13(19)8-21-14(20)9-3-5-17-6-4-9/h1-7H,8H2,(H,18,19). The van der Waals surface area contributed by atoms with Crippen molar-refractivity contribution in [3.8, 4) is 0 Å². The zero-order chi connectivity index (χ0) is 15.2. The van der Waals surface area contributed by atoms with Gasteiger partial charge in [-0.05, 0) is 30.3 Å². The lowest BCUT2D eigenvalue weighted by Crippen LogP contribution is -2.21. The summed E-state index contributed by atoms with van der Waals surface area (Å²) in [6, 6.07) is 6.74. The number of pyridine rings is 1. The van der Waals surface area contributed by atoms with Crippen LogP contribution in [0.25, 0.3) is 0 Å². The first-order chi connectivity index (χ1) is 10.1. The van der Waals surface area contributed by atoms with Crippen LogP contribution in [0.3, 0.4) is 0 Å². The molecule has 1 amide bonds. The van der Waals surface area contributed by atoms with E-state index in [0.29, 0.717) is 0 Å². The highest BCUT2D eigenvalue weighted by atomic mass is 35.5. The van der Waals surface area contributed by atoms with Gasteiger partial charge in [-0.2, -0.15) is 0 Å². The van der Waals surface area contributed by atoms with Crippen LogP contribution in [0.4, 0.5) is 10.1 Å². The first-order valence-electron chi connectivity index (χ1n) is 5.88. The van der Waals surface area contributed by atoms with E-state index in [2.05, 4.69) is 10.3 Å². The zero-order valence-corrected chi connectivity index (χ0v) is 11.4. The topological polar surface area (TPSA) is 68.3 Å². The van der Waals surface area contributed by atoms with Crippen LogP contribution in [-0.2, 0) is 9.53 Å². The number of amides is 1. The molecule has 108 valence electrons. The predicted molar refractivity (Wildman–Crippen MR) is 74.6 cm³/mol. The van der Waals surface area contributed by atoms with Gasteiger partial charge in [-0.25, -0.2) is 9.18 Å². The molecule has 2 aromatic rings. The third-order valence-corrected chi connectivity index (χ3v) is 2.69. The van der Waals surface area contributed by atoms with Gasteiger partial charge in [-0.3, -0.25) is 9.78 Å². The lowest BCUT2D eigenvalue weighted by atomic mass is 10.3. The largest absolute Gasteiger partial charge is 0.452 e. The van der Waals surface area contributed by atoms with Crippen molar-refractivity contribution in [2.75, 3.05) is 11.9 Å². The minimum absolute atomic E-state index is 0.0376. The van der Waals surface area contributed by atoms with Crippen molar-refractivity contribution in [1.29, 1.82) is 0 Å². The molecule has 0 aliphatic carbocycles. The van der Waals surface area contributed by atoms with Crippen molar-refractivity contribution in [3.63, 3.8) is 0 Å². The number of halogens is 2. The molecule has 0 bridgehead atoms. The fourth-order valence-corrected chi connectivity index (χ4v) is 1.64. The van der Waals surface area contributed by atoms with Crippen molar-refractivity contribution in [3.05, 3.63) is 59.1 Å². The van der Waals surface area contributed by atoms with Gasteiger partial charge in [0.25, 0.3) is 5.91 Å². The molecule has 0 aliphatic rings. The first kappa shape index (κ1) is 14.9. The Morgan fingerprint density at radius 1 is 1.24 bits per heavy atom. The summed E-state index contributed by atoms with van der Waals surface area (Å²) in [5, 5.41) is 2.50. The molecule has 2 rings (SSSR count). The third-order valence-electron chi connectivity index (χ3n) is 2.46. The average molecular weight is 309 g/mol. The van der Waals surface area contributed by atoms with E-state index in [1.54, 1.807) is 0 Å². The van der Waals surface area contributed by atoms with Crippen molar-refractivity contribution in [1.82, 2.24) is 4.98 Å². The Kier molecular flexibility index (Phi) is 4.84. The summed E-state index contributed by atoms with van der Waals surface area (Å²) in [5.41, 5.74) is 0.236. The summed E-state index contributed by atoms with van der Waals surface area (Å²) in [7, 11) is 0. The number of benzene rings is 1. The van der Waals surface area contributed by atoms with E-state index in [1.807, 2.05) is 0 Å². The second kappa shape index (κ2) is 6.81. The van der Waals surface area contributed by atoms with Crippen molar-refractivity contribution < 1.29 is 18.7 Å². The van der Waals surface area contributed by atoms with Crippen LogP contribution in [0.5, 0.6) is 0 Å². The molecular weight excluding hydrogens is 299 g/mol. The monoisotopic (exact) mass is 308 g/mol. The van der Waals surface area contributed by atoms with Crippen LogP contribution in [0.1, 0.15) is 10.4 Å². The highest BCUT2D eigenvalue weighted by Gasteiger charge is 2.11. The smallest absolute Gasteiger partial charge is 0.338 e. The highest BCUT2D eigenvalue weighted by Crippen LogP contribution is 2.18. The number of esters is 1. The molecule has 1 heterocycles. The van der Waals surface area contributed by atoms with Crippen LogP contribution >= 0.6 is 11.6 Å². The number of anilines is 1. The fourth-order valence-electron chi connectivity index (χ4n) is 1.48. The van der Waals surface area contributed by atoms with Crippen LogP contribution in [0.2, 0.25) is 5.02 Å². The maximum absolute atomic E-state index is 13.5. The summed E-state index contributed by atoms with van der Waals surface area (Å²) in [6.45, 7) is -0.525. The average Bonchev–Trinajstić information content (AvgIpc) is 2.48.